The number of benzene rings is 2. The molecule has 8 heteroatoms. The van der Waals surface area contributed by atoms with Gasteiger partial charge in [0, 0.05) is 12.6 Å². The fraction of sp³-hybridized carbons (Fsp3) is 0.238. The Morgan fingerprint density at radius 3 is 2.41 bits per heavy atom. The summed E-state index contributed by atoms with van der Waals surface area (Å²) in [5.74, 6) is 2.24. The number of methoxy groups -OCH3 is 1. The predicted molar refractivity (Wildman–Crippen MR) is 106 cm³/mol. The Morgan fingerprint density at radius 2 is 1.72 bits per heavy atom. The van der Waals surface area contributed by atoms with Crippen LogP contribution in [0.3, 0.4) is 0 Å². The monoisotopic (exact) mass is 415 g/mol. The molecule has 2 aromatic carbocycles. The van der Waals surface area contributed by atoms with E-state index in [9.17, 15) is 8.42 Å². The molecule has 0 aliphatic carbocycles. The lowest BCUT2D eigenvalue weighted by atomic mass is 10.2. The molecule has 0 N–H and O–H groups in total. The van der Waals surface area contributed by atoms with Crippen LogP contribution < -0.4 is 14.2 Å². The molecule has 0 saturated carbocycles. The molecule has 1 aliphatic heterocycles. The highest BCUT2D eigenvalue weighted by atomic mass is 32.2. The van der Waals surface area contributed by atoms with Crippen molar-refractivity contribution in [2.75, 3.05) is 20.3 Å². The summed E-state index contributed by atoms with van der Waals surface area (Å²) in [6, 6.07) is 15.4. The minimum Gasteiger partial charge on any atom is -0.497 e. The standard InChI is InChI=1S/C21H21NO6S/c1-25-17-6-4-16(5-7-17)14-22(15-18-3-2-10-26-18)29(23,24)19-8-9-20-21(13-19)28-12-11-27-20/h2-10,13H,11-12,14-15H2,1H3. The molecular weight excluding hydrogens is 394 g/mol. The number of rotatable bonds is 7. The van der Waals surface area contributed by atoms with Crippen molar-refractivity contribution in [3.63, 3.8) is 0 Å². The van der Waals surface area contributed by atoms with E-state index in [0.29, 0.717) is 36.2 Å². The summed E-state index contributed by atoms with van der Waals surface area (Å²) in [5, 5.41) is 0. The molecule has 0 spiro atoms. The molecule has 0 saturated heterocycles. The first-order valence-corrected chi connectivity index (χ1v) is 10.6. The maximum atomic E-state index is 13.4. The molecule has 0 radical (unpaired) electrons. The van der Waals surface area contributed by atoms with Gasteiger partial charge in [-0.05, 0) is 42.0 Å². The van der Waals surface area contributed by atoms with Gasteiger partial charge in [0.15, 0.2) is 11.5 Å². The topological polar surface area (TPSA) is 78.2 Å². The number of fused-ring (bicyclic) bond motifs is 1. The van der Waals surface area contributed by atoms with Crippen molar-refractivity contribution in [1.82, 2.24) is 4.31 Å². The second kappa shape index (κ2) is 8.18. The van der Waals surface area contributed by atoms with Crippen LogP contribution in [0.25, 0.3) is 0 Å². The summed E-state index contributed by atoms with van der Waals surface area (Å²) < 4.78 is 49.9. The van der Waals surface area contributed by atoms with E-state index in [1.807, 2.05) is 12.1 Å². The van der Waals surface area contributed by atoms with Gasteiger partial charge in [0.2, 0.25) is 10.0 Å². The van der Waals surface area contributed by atoms with Crippen LogP contribution >= 0.6 is 0 Å². The minimum atomic E-state index is -3.82. The van der Waals surface area contributed by atoms with E-state index in [0.717, 1.165) is 5.56 Å². The third-order valence-corrected chi connectivity index (χ3v) is 6.37. The van der Waals surface area contributed by atoms with Gasteiger partial charge in [-0.2, -0.15) is 4.31 Å². The Balaban J connectivity index is 1.66. The van der Waals surface area contributed by atoms with Crippen LogP contribution in [-0.2, 0) is 23.1 Å². The molecular formula is C21H21NO6S. The molecule has 3 aromatic rings. The van der Waals surface area contributed by atoms with Crippen LogP contribution in [0.1, 0.15) is 11.3 Å². The Bertz CT molecular complexity index is 1060. The van der Waals surface area contributed by atoms with Gasteiger partial charge in [0.1, 0.15) is 24.7 Å². The lowest BCUT2D eigenvalue weighted by Gasteiger charge is -2.23. The lowest BCUT2D eigenvalue weighted by molar-refractivity contribution is 0.171. The van der Waals surface area contributed by atoms with E-state index in [1.165, 1.54) is 22.7 Å². The zero-order valence-corrected chi connectivity index (χ0v) is 16.7. The number of ether oxygens (including phenoxy) is 3. The largest absolute Gasteiger partial charge is 0.497 e. The highest BCUT2D eigenvalue weighted by Gasteiger charge is 2.27. The average Bonchev–Trinajstić information content (AvgIpc) is 3.26. The number of nitrogens with zero attached hydrogens (tertiary/aromatic N) is 1. The minimum absolute atomic E-state index is 0.107. The molecule has 1 aliphatic rings. The summed E-state index contributed by atoms with van der Waals surface area (Å²) in [4.78, 5) is 0.141. The predicted octanol–water partition coefficient (Wildman–Crippen LogP) is 3.45. The van der Waals surface area contributed by atoms with Gasteiger partial charge in [0.25, 0.3) is 0 Å². The van der Waals surface area contributed by atoms with Gasteiger partial charge in [-0.3, -0.25) is 0 Å². The van der Waals surface area contributed by atoms with Crippen molar-refractivity contribution in [3.05, 3.63) is 72.2 Å². The molecule has 0 atom stereocenters. The molecule has 29 heavy (non-hydrogen) atoms. The molecule has 0 amide bonds. The summed E-state index contributed by atoms with van der Waals surface area (Å²) >= 11 is 0. The summed E-state index contributed by atoms with van der Waals surface area (Å²) in [5.41, 5.74) is 0.832. The highest BCUT2D eigenvalue weighted by Crippen LogP contribution is 2.34. The Kier molecular flexibility index (Phi) is 5.46. The molecule has 1 aromatic heterocycles. The molecule has 0 fully saturated rings. The maximum Gasteiger partial charge on any atom is 0.243 e. The normalized spacial score (nSPS) is 13.4. The molecule has 0 bridgehead atoms. The molecule has 2 heterocycles. The van der Waals surface area contributed by atoms with E-state index < -0.39 is 10.0 Å². The second-order valence-electron chi connectivity index (χ2n) is 6.51. The number of hydrogen-bond acceptors (Lipinski definition) is 6. The lowest BCUT2D eigenvalue weighted by Crippen LogP contribution is -2.30. The van der Waals surface area contributed by atoms with E-state index in [2.05, 4.69) is 0 Å². The van der Waals surface area contributed by atoms with Crippen LogP contribution in [0.5, 0.6) is 17.2 Å². The number of sulfonamides is 1. The van der Waals surface area contributed by atoms with Crippen molar-refractivity contribution >= 4 is 10.0 Å². The Morgan fingerprint density at radius 1 is 0.966 bits per heavy atom. The fourth-order valence-electron chi connectivity index (χ4n) is 3.07. The quantitative estimate of drug-likeness (QED) is 0.588. The fourth-order valence-corrected chi connectivity index (χ4v) is 4.48. The molecule has 7 nitrogen and oxygen atoms in total. The first-order valence-electron chi connectivity index (χ1n) is 9.11. The third kappa shape index (κ3) is 4.23. The highest BCUT2D eigenvalue weighted by molar-refractivity contribution is 7.89. The van der Waals surface area contributed by atoms with E-state index in [4.69, 9.17) is 18.6 Å². The maximum absolute atomic E-state index is 13.4. The molecule has 152 valence electrons. The molecule has 4 rings (SSSR count). The smallest absolute Gasteiger partial charge is 0.243 e. The van der Waals surface area contributed by atoms with Crippen LogP contribution in [0.4, 0.5) is 0 Å². The second-order valence-corrected chi connectivity index (χ2v) is 8.44. The summed E-state index contributed by atoms with van der Waals surface area (Å²) in [6.07, 6.45) is 1.53. The van der Waals surface area contributed by atoms with Gasteiger partial charge < -0.3 is 18.6 Å². The first-order chi connectivity index (χ1) is 14.1. The van der Waals surface area contributed by atoms with Crippen molar-refractivity contribution in [1.29, 1.82) is 0 Å². The molecule has 0 unspecified atom stereocenters. The summed E-state index contributed by atoms with van der Waals surface area (Å²) in [7, 11) is -2.23. The van der Waals surface area contributed by atoms with Gasteiger partial charge in [0.05, 0.1) is 24.8 Å². The Hall–Kier alpha value is -2.97. The van der Waals surface area contributed by atoms with Crippen LogP contribution in [0, 0.1) is 0 Å². The van der Waals surface area contributed by atoms with Gasteiger partial charge in [-0.1, -0.05) is 12.1 Å². The zero-order chi connectivity index (χ0) is 20.3. The first kappa shape index (κ1) is 19.4. The van der Waals surface area contributed by atoms with E-state index in [-0.39, 0.29) is 18.0 Å². The average molecular weight is 415 g/mol. The SMILES string of the molecule is COc1ccc(CN(Cc2ccco2)S(=O)(=O)c2ccc3c(c2)OCCO3)cc1. The van der Waals surface area contributed by atoms with Crippen molar-refractivity contribution in [2.24, 2.45) is 0 Å². The summed E-state index contributed by atoms with van der Waals surface area (Å²) in [6.45, 7) is 1.12. The Labute approximate surface area is 169 Å². The van der Waals surface area contributed by atoms with E-state index >= 15 is 0 Å². The van der Waals surface area contributed by atoms with Crippen molar-refractivity contribution in [2.45, 2.75) is 18.0 Å². The van der Waals surface area contributed by atoms with Gasteiger partial charge >= 0.3 is 0 Å². The van der Waals surface area contributed by atoms with Crippen LogP contribution in [0.2, 0.25) is 0 Å². The van der Waals surface area contributed by atoms with Gasteiger partial charge in [-0.15, -0.1) is 0 Å². The van der Waals surface area contributed by atoms with Crippen molar-refractivity contribution < 1.29 is 27.0 Å². The van der Waals surface area contributed by atoms with E-state index in [1.54, 1.807) is 37.4 Å². The van der Waals surface area contributed by atoms with Crippen LogP contribution in [-0.4, -0.2) is 33.0 Å². The van der Waals surface area contributed by atoms with Crippen molar-refractivity contribution in [3.8, 4) is 17.2 Å². The zero-order valence-electron chi connectivity index (χ0n) is 15.9. The van der Waals surface area contributed by atoms with Gasteiger partial charge in [-0.25, -0.2) is 8.42 Å². The van der Waals surface area contributed by atoms with Crippen LogP contribution in [0.15, 0.2) is 70.2 Å². The number of hydrogen-bond donors (Lipinski definition) is 0. The third-order valence-electron chi connectivity index (χ3n) is 4.58. The number of furan rings is 1.